The fourth-order valence-electron chi connectivity index (χ4n) is 1.06. The third-order valence-corrected chi connectivity index (χ3v) is 1.66. The quantitative estimate of drug-likeness (QED) is 0.754. The maximum absolute atomic E-state index is 8.63. The van der Waals surface area contributed by atoms with Crippen LogP contribution in [0, 0.1) is 0 Å². The summed E-state index contributed by atoms with van der Waals surface area (Å²) in [7, 11) is 0. The van der Waals surface area contributed by atoms with Gasteiger partial charge in [-0.3, -0.25) is 0 Å². The van der Waals surface area contributed by atoms with Crippen molar-refractivity contribution in [1.82, 2.24) is 0 Å². The van der Waals surface area contributed by atoms with E-state index in [9.17, 15) is 0 Å². The van der Waals surface area contributed by atoms with Crippen molar-refractivity contribution in [2.24, 2.45) is 0 Å². The second-order valence-electron chi connectivity index (χ2n) is 2.87. The molecular formula is C11H16O3. The molecule has 0 saturated heterocycles. The molecular weight excluding hydrogens is 180 g/mol. The summed E-state index contributed by atoms with van der Waals surface area (Å²) in [6.45, 7) is 3.05. The Morgan fingerprint density at radius 3 is 2.14 bits per heavy atom. The highest BCUT2D eigenvalue weighted by molar-refractivity contribution is 5.39. The molecule has 0 heterocycles. The van der Waals surface area contributed by atoms with Crippen molar-refractivity contribution >= 4 is 0 Å². The smallest absolute Gasteiger partial charge is 0.161 e. The van der Waals surface area contributed by atoms with E-state index in [1.165, 1.54) is 0 Å². The van der Waals surface area contributed by atoms with Crippen LogP contribution in [0.1, 0.15) is 13.3 Å². The van der Waals surface area contributed by atoms with E-state index in [4.69, 9.17) is 14.6 Å². The Kier molecular flexibility index (Phi) is 4.86. The average molecular weight is 196 g/mol. The van der Waals surface area contributed by atoms with Gasteiger partial charge in [0.15, 0.2) is 11.5 Å². The van der Waals surface area contributed by atoms with Crippen LogP contribution >= 0.6 is 0 Å². The molecule has 0 amide bonds. The summed E-state index contributed by atoms with van der Waals surface area (Å²) in [6, 6.07) is 7.48. The zero-order valence-corrected chi connectivity index (χ0v) is 8.40. The molecule has 0 aromatic heterocycles. The predicted molar refractivity (Wildman–Crippen MR) is 54.8 cm³/mol. The van der Waals surface area contributed by atoms with E-state index in [-0.39, 0.29) is 6.61 Å². The largest absolute Gasteiger partial charge is 0.490 e. The number of hydrogen-bond acceptors (Lipinski definition) is 3. The third kappa shape index (κ3) is 3.26. The highest BCUT2D eigenvalue weighted by atomic mass is 16.5. The SMILES string of the molecule is CCCOc1ccccc1OCCO. The van der Waals surface area contributed by atoms with E-state index in [0.29, 0.717) is 19.0 Å². The Morgan fingerprint density at radius 1 is 1.07 bits per heavy atom. The zero-order valence-electron chi connectivity index (χ0n) is 8.40. The van der Waals surface area contributed by atoms with Crippen molar-refractivity contribution in [2.75, 3.05) is 19.8 Å². The van der Waals surface area contributed by atoms with Gasteiger partial charge in [-0.2, -0.15) is 0 Å². The molecule has 1 aromatic carbocycles. The van der Waals surface area contributed by atoms with Gasteiger partial charge in [0, 0.05) is 0 Å². The molecule has 0 atom stereocenters. The van der Waals surface area contributed by atoms with Gasteiger partial charge < -0.3 is 14.6 Å². The highest BCUT2D eigenvalue weighted by Crippen LogP contribution is 2.26. The molecule has 78 valence electrons. The molecule has 1 N–H and O–H groups in total. The maximum Gasteiger partial charge on any atom is 0.161 e. The molecule has 3 nitrogen and oxygen atoms in total. The molecule has 0 fully saturated rings. The van der Waals surface area contributed by atoms with E-state index in [0.717, 1.165) is 12.2 Å². The number of rotatable bonds is 6. The Bertz CT molecular complexity index is 233. The summed E-state index contributed by atoms with van der Waals surface area (Å²) in [5.74, 6) is 1.43. The molecule has 0 aliphatic rings. The third-order valence-electron chi connectivity index (χ3n) is 1.66. The molecule has 1 rings (SSSR count). The highest BCUT2D eigenvalue weighted by Gasteiger charge is 2.02. The Morgan fingerprint density at radius 2 is 1.64 bits per heavy atom. The normalized spacial score (nSPS) is 9.86. The zero-order chi connectivity index (χ0) is 10.2. The van der Waals surface area contributed by atoms with Gasteiger partial charge in [0.05, 0.1) is 13.2 Å². The van der Waals surface area contributed by atoms with Gasteiger partial charge in [-0.15, -0.1) is 0 Å². The predicted octanol–water partition coefficient (Wildman–Crippen LogP) is 1.85. The molecule has 14 heavy (non-hydrogen) atoms. The minimum Gasteiger partial charge on any atom is -0.490 e. The lowest BCUT2D eigenvalue weighted by Gasteiger charge is -2.10. The van der Waals surface area contributed by atoms with Crippen molar-refractivity contribution in [3.05, 3.63) is 24.3 Å². The first-order valence-electron chi connectivity index (χ1n) is 4.84. The molecule has 1 aromatic rings. The van der Waals surface area contributed by atoms with Gasteiger partial charge in [0.25, 0.3) is 0 Å². The van der Waals surface area contributed by atoms with Crippen molar-refractivity contribution < 1.29 is 14.6 Å². The molecule has 3 heteroatoms. The van der Waals surface area contributed by atoms with Crippen LogP contribution < -0.4 is 9.47 Å². The van der Waals surface area contributed by atoms with E-state index in [1.807, 2.05) is 24.3 Å². The number of ether oxygens (including phenoxy) is 2. The topological polar surface area (TPSA) is 38.7 Å². The minimum atomic E-state index is 0.0160. The maximum atomic E-state index is 8.63. The summed E-state index contributed by atoms with van der Waals surface area (Å²) < 4.78 is 10.8. The number of benzene rings is 1. The molecule has 0 aliphatic heterocycles. The van der Waals surface area contributed by atoms with E-state index < -0.39 is 0 Å². The first kappa shape index (κ1) is 10.9. The number of hydrogen-bond donors (Lipinski definition) is 1. The molecule has 0 saturated carbocycles. The van der Waals surface area contributed by atoms with Crippen molar-refractivity contribution in [2.45, 2.75) is 13.3 Å². The molecule has 0 bridgehead atoms. The van der Waals surface area contributed by atoms with Gasteiger partial charge >= 0.3 is 0 Å². The van der Waals surface area contributed by atoms with Crippen LogP contribution in [-0.2, 0) is 0 Å². The Labute approximate surface area is 84.3 Å². The monoisotopic (exact) mass is 196 g/mol. The van der Waals surface area contributed by atoms with Crippen LogP contribution in [0.5, 0.6) is 11.5 Å². The summed E-state index contributed by atoms with van der Waals surface area (Å²) >= 11 is 0. The van der Waals surface area contributed by atoms with E-state index >= 15 is 0 Å². The lowest BCUT2D eigenvalue weighted by Crippen LogP contribution is -2.04. The van der Waals surface area contributed by atoms with Gasteiger partial charge in [-0.1, -0.05) is 19.1 Å². The van der Waals surface area contributed by atoms with Crippen LogP contribution in [0.4, 0.5) is 0 Å². The summed E-state index contributed by atoms with van der Waals surface area (Å²) in [6.07, 6.45) is 0.967. The second-order valence-corrected chi connectivity index (χ2v) is 2.87. The lowest BCUT2D eigenvalue weighted by molar-refractivity contribution is 0.193. The van der Waals surface area contributed by atoms with Crippen LogP contribution in [0.15, 0.2) is 24.3 Å². The number of para-hydroxylation sites is 2. The van der Waals surface area contributed by atoms with Gasteiger partial charge in [0.2, 0.25) is 0 Å². The van der Waals surface area contributed by atoms with Crippen molar-refractivity contribution in [3.63, 3.8) is 0 Å². The molecule has 0 unspecified atom stereocenters. The van der Waals surface area contributed by atoms with Crippen LogP contribution in [0.3, 0.4) is 0 Å². The van der Waals surface area contributed by atoms with Crippen LogP contribution in [0.2, 0.25) is 0 Å². The lowest BCUT2D eigenvalue weighted by atomic mass is 10.3. The molecule has 0 aliphatic carbocycles. The van der Waals surface area contributed by atoms with E-state index in [1.54, 1.807) is 0 Å². The second kappa shape index (κ2) is 6.27. The number of aliphatic hydroxyl groups excluding tert-OH is 1. The summed E-state index contributed by atoms with van der Waals surface area (Å²) in [5.41, 5.74) is 0. The minimum absolute atomic E-state index is 0.0160. The summed E-state index contributed by atoms with van der Waals surface area (Å²) in [4.78, 5) is 0. The van der Waals surface area contributed by atoms with Crippen molar-refractivity contribution in [1.29, 1.82) is 0 Å². The van der Waals surface area contributed by atoms with Crippen LogP contribution in [0.25, 0.3) is 0 Å². The van der Waals surface area contributed by atoms with Gasteiger partial charge in [-0.05, 0) is 18.6 Å². The Hall–Kier alpha value is -1.22. The average Bonchev–Trinajstić information content (AvgIpc) is 2.24. The van der Waals surface area contributed by atoms with Crippen molar-refractivity contribution in [3.8, 4) is 11.5 Å². The standard InChI is InChI=1S/C11H16O3/c1-2-8-13-10-5-3-4-6-11(10)14-9-7-12/h3-6,12H,2,7-9H2,1H3. The van der Waals surface area contributed by atoms with E-state index in [2.05, 4.69) is 6.92 Å². The first-order valence-corrected chi connectivity index (χ1v) is 4.84. The van der Waals surface area contributed by atoms with Gasteiger partial charge in [0.1, 0.15) is 6.61 Å². The Balaban J connectivity index is 2.60. The van der Waals surface area contributed by atoms with Crippen LogP contribution in [-0.4, -0.2) is 24.9 Å². The fourth-order valence-corrected chi connectivity index (χ4v) is 1.06. The fraction of sp³-hybridized carbons (Fsp3) is 0.455. The first-order chi connectivity index (χ1) is 6.88. The number of aliphatic hydroxyl groups is 1. The summed E-state index contributed by atoms with van der Waals surface area (Å²) in [5, 5.41) is 8.63. The molecule has 0 spiro atoms. The molecule has 0 radical (unpaired) electrons. The van der Waals surface area contributed by atoms with Gasteiger partial charge in [-0.25, -0.2) is 0 Å².